The molecule has 0 bridgehead atoms. The Morgan fingerprint density at radius 3 is 2.48 bits per heavy atom. The Morgan fingerprint density at radius 1 is 1.04 bits per heavy atom. The molecule has 3 rings (SSSR count). The number of carbonyl (C=O) groups excluding carboxylic acids is 1. The third-order valence-electron chi connectivity index (χ3n) is 4.38. The fourth-order valence-corrected chi connectivity index (χ4v) is 3.00. The number of methoxy groups -OCH3 is 2. The van der Waals surface area contributed by atoms with E-state index in [9.17, 15) is 4.79 Å². The maximum atomic E-state index is 12.3. The Kier molecular flexibility index (Phi) is 6.49. The van der Waals surface area contributed by atoms with E-state index in [4.69, 9.17) is 18.9 Å². The van der Waals surface area contributed by atoms with Crippen molar-refractivity contribution in [1.82, 2.24) is 0 Å². The molecule has 0 aliphatic carbocycles. The number of ether oxygens (including phenoxy) is 4. The molecule has 0 radical (unpaired) electrons. The molecular formula is C22H24O5. The van der Waals surface area contributed by atoms with Gasteiger partial charge in [0.05, 0.1) is 20.8 Å². The fourth-order valence-electron chi connectivity index (χ4n) is 3.00. The number of ketones is 1. The maximum Gasteiger partial charge on any atom is 0.204 e. The van der Waals surface area contributed by atoms with Gasteiger partial charge in [-0.05, 0) is 37.1 Å². The van der Waals surface area contributed by atoms with Gasteiger partial charge in [0.15, 0.2) is 23.6 Å². The van der Waals surface area contributed by atoms with Gasteiger partial charge in [-0.3, -0.25) is 4.79 Å². The summed E-state index contributed by atoms with van der Waals surface area (Å²) in [5.41, 5.74) is 1.37. The van der Waals surface area contributed by atoms with Crippen LogP contribution in [-0.4, -0.2) is 32.9 Å². The lowest BCUT2D eigenvalue weighted by Gasteiger charge is -2.25. The number of hydrogen-bond donors (Lipinski definition) is 0. The lowest BCUT2D eigenvalue weighted by molar-refractivity contribution is -0.106. The van der Waals surface area contributed by atoms with E-state index >= 15 is 0 Å². The lowest BCUT2D eigenvalue weighted by atomic mass is 10.1. The van der Waals surface area contributed by atoms with Gasteiger partial charge in [-0.2, -0.15) is 0 Å². The first-order chi connectivity index (χ1) is 13.2. The van der Waals surface area contributed by atoms with Gasteiger partial charge < -0.3 is 18.9 Å². The highest BCUT2D eigenvalue weighted by Crippen LogP contribution is 2.41. The first-order valence-electron chi connectivity index (χ1n) is 9.03. The molecule has 5 nitrogen and oxygen atoms in total. The zero-order valence-electron chi connectivity index (χ0n) is 15.6. The molecule has 27 heavy (non-hydrogen) atoms. The molecular weight excluding hydrogens is 344 g/mol. The number of hydrogen-bond acceptors (Lipinski definition) is 5. The van der Waals surface area contributed by atoms with E-state index in [0.717, 1.165) is 24.8 Å². The molecule has 1 aliphatic heterocycles. The van der Waals surface area contributed by atoms with Crippen LogP contribution in [0.4, 0.5) is 0 Å². The van der Waals surface area contributed by atoms with Crippen molar-refractivity contribution in [1.29, 1.82) is 0 Å². The van der Waals surface area contributed by atoms with Crippen molar-refractivity contribution in [3.05, 3.63) is 59.7 Å². The number of allylic oxidation sites excluding steroid dienone is 1. The van der Waals surface area contributed by atoms with Crippen molar-refractivity contribution in [2.75, 3.05) is 20.8 Å². The minimum Gasteiger partial charge on any atom is -0.492 e. The predicted molar refractivity (Wildman–Crippen MR) is 104 cm³/mol. The highest BCUT2D eigenvalue weighted by atomic mass is 16.7. The minimum atomic E-state index is -0.279. The summed E-state index contributed by atoms with van der Waals surface area (Å²) in [5, 5.41) is 0. The molecule has 1 aliphatic rings. The second-order valence-electron chi connectivity index (χ2n) is 6.20. The van der Waals surface area contributed by atoms with Crippen molar-refractivity contribution in [3.63, 3.8) is 0 Å². The molecule has 2 aromatic rings. The van der Waals surface area contributed by atoms with E-state index in [2.05, 4.69) is 0 Å². The van der Waals surface area contributed by atoms with Crippen LogP contribution in [0.15, 0.2) is 48.5 Å². The molecule has 0 aromatic heterocycles. The molecule has 0 N–H and O–H groups in total. The smallest absolute Gasteiger partial charge is 0.204 e. The average Bonchev–Trinajstić information content (AvgIpc) is 2.73. The van der Waals surface area contributed by atoms with Gasteiger partial charge in [-0.1, -0.05) is 30.3 Å². The standard InChI is InChI=1S/C22H24O5/c1-24-21-17(11-13-18(23)16-8-4-3-5-9-16)12-14-19(22(21)25-2)27-20-10-6-7-15-26-20/h3-5,8-9,11-14,20H,6-7,10,15H2,1-2H3. The van der Waals surface area contributed by atoms with Crippen LogP contribution in [0.2, 0.25) is 0 Å². The highest BCUT2D eigenvalue weighted by molar-refractivity contribution is 6.07. The molecule has 0 spiro atoms. The molecule has 1 atom stereocenters. The predicted octanol–water partition coefficient (Wildman–Crippen LogP) is 4.51. The van der Waals surface area contributed by atoms with Crippen LogP contribution in [0.5, 0.6) is 17.2 Å². The Balaban J connectivity index is 1.83. The third-order valence-corrected chi connectivity index (χ3v) is 4.38. The van der Waals surface area contributed by atoms with Gasteiger partial charge in [0, 0.05) is 17.5 Å². The summed E-state index contributed by atoms with van der Waals surface area (Å²) in [6.07, 6.45) is 5.94. The van der Waals surface area contributed by atoms with Crippen LogP contribution in [-0.2, 0) is 4.74 Å². The first kappa shape index (κ1) is 19.0. The normalized spacial score (nSPS) is 16.9. The van der Waals surface area contributed by atoms with Crippen LogP contribution >= 0.6 is 0 Å². The average molecular weight is 368 g/mol. The topological polar surface area (TPSA) is 54.0 Å². The van der Waals surface area contributed by atoms with Crippen molar-refractivity contribution >= 4 is 11.9 Å². The molecule has 1 fully saturated rings. The van der Waals surface area contributed by atoms with E-state index in [0.29, 0.717) is 29.4 Å². The second kappa shape index (κ2) is 9.24. The summed E-state index contributed by atoms with van der Waals surface area (Å²) < 4.78 is 22.6. The van der Waals surface area contributed by atoms with Crippen LogP contribution in [0.3, 0.4) is 0 Å². The molecule has 1 saturated heterocycles. The molecule has 142 valence electrons. The Bertz CT molecular complexity index is 792. The summed E-state index contributed by atoms with van der Waals surface area (Å²) in [6, 6.07) is 12.8. The zero-order chi connectivity index (χ0) is 19.1. The van der Waals surface area contributed by atoms with Crippen LogP contribution < -0.4 is 14.2 Å². The third kappa shape index (κ3) is 4.68. The second-order valence-corrected chi connectivity index (χ2v) is 6.20. The maximum absolute atomic E-state index is 12.3. The summed E-state index contributed by atoms with van der Waals surface area (Å²) in [6.45, 7) is 0.701. The highest BCUT2D eigenvalue weighted by Gasteiger charge is 2.21. The Morgan fingerprint density at radius 2 is 1.81 bits per heavy atom. The Hall–Kier alpha value is -2.79. The van der Waals surface area contributed by atoms with Gasteiger partial charge in [-0.15, -0.1) is 0 Å². The number of rotatable bonds is 7. The van der Waals surface area contributed by atoms with Gasteiger partial charge >= 0.3 is 0 Å². The molecule has 2 aromatic carbocycles. The van der Waals surface area contributed by atoms with Gasteiger partial charge in [0.25, 0.3) is 0 Å². The summed E-state index contributed by atoms with van der Waals surface area (Å²) in [4.78, 5) is 12.3. The fraction of sp³-hybridized carbons (Fsp3) is 0.318. The summed E-state index contributed by atoms with van der Waals surface area (Å²) >= 11 is 0. The monoisotopic (exact) mass is 368 g/mol. The van der Waals surface area contributed by atoms with Gasteiger partial charge in [-0.25, -0.2) is 0 Å². The van der Waals surface area contributed by atoms with Crippen molar-refractivity contribution in [2.45, 2.75) is 25.6 Å². The van der Waals surface area contributed by atoms with Gasteiger partial charge in [0.1, 0.15) is 0 Å². The lowest BCUT2D eigenvalue weighted by Crippen LogP contribution is -2.25. The van der Waals surface area contributed by atoms with E-state index < -0.39 is 0 Å². The van der Waals surface area contributed by atoms with Crippen LogP contribution in [0.25, 0.3) is 6.08 Å². The van der Waals surface area contributed by atoms with E-state index in [1.165, 1.54) is 6.08 Å². The van der Waals surface area contributed by atoms with Crippen LogP contribution in [0.1, 0.15) is 35.2 Å². The van der Waals surface area contributed by atoms with Crippen LogP contribution in [0, 0.1) is 0 Å². The summed E-state index contributed by atoms with van der Waals surface area (Å²) in [7, 11) is 3.13. The van der Waals surface area contributed by atoms with Gasteiger partial charge in [0.2, 0.25) is 5.75 Å². The van der Waals surface area contributed by atoms with Crippen molar-refractivity contribution in [2.24, 2.45) is 0 Å². The Labute approximate surface area is 159 Å². The zero-order valence-corrected chi connectivity index (χ0v) is 15.6. The van der Waals surface area contributed by atoms with E-state index in [1.807, 2.05) is 30.3 Å². The van der Waals surface area contributed by atoms with E-state index in [1.54, 1.807) is 32.4 Å². The molecule has 1 heterocycles. The molecule has 0 amide bonds. The van der Waals surface area contributed by atoms with Crippen molar-refractivity contribution in [3.8, 4) is 17.2 Å². The quantitative estimate of drug-likeness (QED) is 0.532. The minimum absolute atomic E-state index is 0.0763. The number of benzene rings is 2. The van der Waals surface area contributed by atoms with Crippen molar-refractivity contribution < 1.29 is 23.7 Å². The van der Waals surface area contributed by atoms with E-state index in [-0.39, 0.29) is 12.1 Å². The number of carbonyl (C=O) groups is 1. The molecule has 1 unspecified atom stereocenters. The molecule has 0 saturated carbocycles. The molecule has 5 heteroatoms. The SMILES string of the molecule is COc1c(C=CC(=O)c2ccccc2)ccc(OC2CCCCO2)c1OC. The largest absolute Gasteiger partial charge is 0.492 e. The first-order valence-corrected chi connectivity index (χ1v) is 9.03. The summed E-state index contributed by atoms with van der Waals surface area (Å²) in [5.74, 6) is 1.49.